The van der Waals surface area contributed by atoms with Crippen molar-refractivity contribution >= 4 is 11.2 Å². The van der Waals surface area contributed by atoms with Gasteiger partial charge in [-0.3, -0.25) is 9.69 Å². The Labute approximate surface area is 188 Å². The molecule has 0 bridgehead atoms. The highest BCUT2D eigenvalue weighted by Crippen LogP contribution is 2.32. The number of aromatic nitrogens is 4. The van der Waals surface area contributed by atoms with Crippen molar-refractivity contribution < 1.29 is 4.74 Å². The molecule has 2 saturated heterocycles. The highest BCUT2D eigenvalue weighted by molar-refractivity contribution is 5.47. The standard InChI is InChI=1S/C24H32N6O2/c1-16-13-29(14-17-5-4-6-19(11-17)28(2)3)15-20(16)22-26-24(31)21-12-25-23(30(21)27-22)18-7-9-32-10-8-18/h4-6,11-12,16,18,20H,7-10,13-15H2,1-3H3,(H,26,27,31). The lowest BCUT2D eigenvalue weighted by atomic mass is 9.97. The lowest BCUT2D eigenvalue weighted by Crippen LogP contribution is -2.24. The summed E-state index contributed by atoms with van der Waals surface area (Å²) in [5, 5.41) is 4.91. The van der Waals surface area contributed by atoms with Gasteiger partial charge in [-0.1, -0.05) is 19.1 Å². The van der Waals surface area contributed by atoms with Gasteiger partial charge in [-0.2, -0.15) is 5.10 Å². The minimum absolute atomic E-state index is 0.106. The van der Waals surface area contributed by atoms with E-state index in [1.807, 2.05) is 0 Å². The van der Waals surface area contributed by atoms with Crippen LogP contribution in [0.1, 0.15) is 48.8 Å². The Morgan fingerprint density at radius 3 is 2.81 bits per heavy atom. The zero-order valence-corrected chi connectivity index (χ0v) is 19.1. The maximum Gasteiger partial charge on any atom is 0.276 e. The number of hydrogen-bond acceptors (Lipinski definition) is 6. The Bertz CT molecular complexity index is 1150. The van der Waals surface area contributed by atoms with E-state index in [4.69, 9.17) is 9.84 Å². The van der Waals surface area contributed by atoms with Gasteiger partial charge in [-0.25, -0.2) is 9.50 Å². The van der Waals surface area contributed by atoms with Gasteiger partial charge in [0.15, 0.2) is 5.52 Å². The van der Waals surface area contributed by atoms with Crippen LogP contribution in [0.4, 0.5) is 5.69 Å². The van der Waals surface area contributed by atoms with E-state index in [9.17, 15) is 4.79 Å². The number of fused-ring (bicyclic) bond motifs is 1. The molecule has 0 amide bonds. The van der Waals surface area contributed by atoms with Crippen LogP contribution in [-0.4, -0.2) is 64.9 Å². The molecule has 0 aliphatic carbocycles. The molecule has 0 saturated carbocycles. The smallest absolute Gasteiger partial charge is 0.276 e. The van der Waals surface area contributed by atoms with Crippen LogP contribution in [-0.2, 0) is 11.3 Å². The first kappa shape index (κ1) is 21.2. The van der Waals surface area contributed by atoms with Crippen molar-refractivity contribution in [3.63, 3.8) is 0 Å². The number of likely N-dealkylation sites (tertiary alicyclic amines) is 1. The van der Waals surface area contributed by atoms with Crippen molar-refractivity contribution in [1.82, 2.24) is 24.5 Å². The third kappa shape index (κ3) is 4.04. The molecule has 1 aromatic carbocycles. The summed E-state index contributed by atoms with van der Waals surface area (Å²) < 4.78 is 7.29. The van der Waals surface area contributed by atoms with E-state index >= 15 is 0 Å². The number of imidazole rings is 1. The second kappa shape index (κ2) is 8.67. The number of nitrogens with one attached hydrogen (secondary N) is 1. The topological polar surface area (TPSA) is 78.8 Å². The number of anilines is 1. The van der Waals surface area contributed by atoms with E-state index in [-0.39, 0.29) is 17.4 Å². The van der Waals surface area contributed by atoms with E-state index < -0.39 is 0 Å². The van der Waals surface area contributed by atoms with Gasteiger partial charge in [-0.15, -0.1) is 0 Å². The molecule has 3 aromatic rings. The molecule has 32 heavy (non-hydrogen) atoms. The molecule has 2 aromatic heterocycles. The Balaban J connectivity index is 1.39. The van der Waals surface area contributed by atoms with Crippen LogP contribution in [0.5, 0.6) is 0 Å². The van der Waals surface area contributed by atoms with Gasteiger partial charge >= 0.3 is 0 Å². The summed E-state index contributed by atoms with van der Waals surface area (Å²) in [6.45, 7) is 6.47. The Morgan fingerprint density at radius 1 is 1.22 bits per heavy atom. The van der Waals surface area contributed by atoms with Gasteiger partial charge in [-0.05, 0) is 36.5 Å². The molecule has 2 aliphatic rings. The zero-order chi connectivity index (χ0) is 22.2. The first-order valence-electron chi connectivity index (χ1n) is 11.5. The predicted molar refractivity (Wildman–Crippen MR) is 124 cm³/mol. The van der Waals surface area contributed by atoms with Gasteiger partial charge in [0.1, 0.15) is 11.6 Å². The summed E-state index contributed by atoms with van der Waals surface area (Å²) in [6, 6.07) is 8.67. The molecule has 2 aliphatic heterocycles. The quantitative estimate of drug-likeness (QED) is 0.662. The normalized spacial score (nSPS) is 22.6. The molecule has 2 unspecified atom stereocenters. The molecule has 5 rings (SSSR count). The fourth-order valence-electron chi connectivity index (χ4n) is 5.08. The van der Waals surface area contributed by atoms with E-state index in [1.54, 1.807) is 10.7 Å². The summed E-state index contributed by atoms with van der Waals surface area (Å²) in [7, 11) is 4.13. The highest BCUT2D eigenvalue weighted by Gasteiger charge is 2.33. The average Bonchev–Trinajstić information content (AvgIpc) is 3.38. The van der Waals surface area contributed by atoms with Crippen LogP contribution in [0.25, 0.3) is 5.52 Å². The lowest BCUT2D eigenvalue weighted by Gasteiger charge is -2.21. The molecule has 2 atom stereocenters. The predicted octanol–water partition coefficient (Wildman–Crippen LogP) is 2.61. The second-order valence-corrected chi connectivity index (χ2v) is 9.48. The number of aromatic amines is 1. The molecular formula is C24H32N6O2. The summed E-state index contributed by atoms with van der Waals surface area (Å²) in [5.41, 5.74) is 2.93. The Morgan fingerprint density at radius 2 is 2.03 bits per heavy atom. The molecule has 8 heteroatoms. The van der Waals surface area contributed by atoms with Gasteiger partial charge in [0.2, 0.25) is 0 Å². The van der Waals surface area contributed by atoms with Crippen LogP contribution in [0.2, 0.25) is 0 Å². The average molecular weight is 437 g/mol. The first-order valence-corrected chi connectivity index (χ1v) is 11.5. The van der Waals surface area contributed by atoms with E-state index in [0.717, 1.165) is 57.3 Å². The molecule has 2 fully saturated rings. The molecule has 8 nitrogen and oxygen atoms in total. The van der Waals surface area contributed by atoms with Gasteiger partial charge in [0.25, 0.3) is 5.56 Å². The lowest BCUT2D eigenvalue weighted by molar-refractivity contribution is 0.0832. The SMILES string of the molecule is CC1CN(Cc2cccc(N(C)C)c2)CC1c1nn2c(C3CCOCC3)ncc2c(=O)[nH]1. The molecule has 4 heterocycles. The fraction of sp³-hybridized carbons (Fsp3) is 0.542. The Hall–Kier alpha value is -2.71. The summed E-state index contributed by atoms with van der Waals surface area (Å²) in [5.74, 6) is 2.54. The number of hydrogen-bond donors (Lipinski definition) is 1. The van der Waals surface area contributed by atoms with Crippen LogP contribution in [0.15, 0.2) is 35.3 Å². The van der Waals surface area contributed by atoms with Crippen LogP contribution in [0, 0.1) is 5.92 Å². The van der Waals surface area contributed by atoms with Crippen molar-refractivity contribution in [2.75, 3.05) is 45.3 Å². The number of nitrogens with zero attached hydrogens (tertiary/aromatic N) is 5. The van der Waals surface area contributed by atoms with Crippen molar-refractivity contribution in [2.45, 2.75) is 38.1 Å². The number of H-pyrrole nitrogens is 1. The van der Waals surface area contributed by atoms with Crippen molar-refractivity contribution in [3.8, 4) is 0 Å². The number of rotatable bonds is 5. The monoisotopic (exact) mass is 436 g/mol. The van der Waals surface area contributed by atoms with Gasteiger partial charge in [0, 0.05) is 64.5 Å². The largest absolute Gasteiger partial charge is 0.381 e. The molecule has 0 radical (unpaired) electrons. The second-order valence-electron chi connectivity index (χ2n) is 9.48. The molecule has 0 spiro atoms. The number of ether oxygens (including phenoxy) is 1. The zero-order valence-electron chi connectivity index (χ0n) is 19.1. The fourth-order valence-corrected chi connectivity index (χ4v) is 5.08. The molecular weight excluding hydrogens is 404 g/mol. The third-order valence-corrected chi connectivity index (χ3v) is 6.91. The van der Waals surface area contributed by atoms with Crippen LogP contribution < -0.4 is 10.5 Å². The maximum atomic E-state index is 12.8. The summed E-state index contributed by atoms with van der Waals surface area (Å²) in [4.78, 5) is 25.1. The molecule has 170 valence electrons. The van der Waals surface area contributed by atoms with Crippen LogP contribution in [0.3, 0.4) is 0 Å². The Kier molecular flexibility index (Phi) is 5.73. The maximum absolute atomic E-state index is 12.8. The van der Waals surface area contributed by atoms with Crippen LogP contribution >= 0.6 is 0 Å². The summed E-state index contributed by atoms with van der Waals surface area (Å²) in [6.07, 6.45) is 3.49. The van der Waals surface area contributed by atoms with Crippen molar-refractivity contribution in [1.29, 1.82) is 0 Å². The van der Waals surface area contributed by atoms with Crippen molar-refractivity contribution in [3.05, 3.63) is 58.0 Å². The van der Waals surface area contributed by atoms with Crippen molar-refractivity contribution in [2.24, 2.45) is 5.92 Å². The van der Waals surface area contributed by atoms with Gasteiger partial charge < -0.3 is 14.6 Å². The van der Waals surface area contributed by atoms with E-state index in [0.29, 0.717) is 11.4 Å². The first-order chi connectivity index (χ1) is 15.5. The summed E-state index contributed by atoms with van der Waals surface area (Å²) >= 11 is 0. The van der Waals surface area contributed by atoms with E-state index in [2.05, 4.69) is 65.1 Å². The molecule has 1 N–H and O–H groups in total. The van der Waals surface area contributed by atoms with Gasteiger partial charge in [0.05, 0.1) is 6.20 Å². The number of benzene rings is 1. The minimum Gasteiger partial charge on any atom is -0.381 e. The minimum atomic E-state index is -0.106. The highest BCUT2D eigenvalue weighted by atomic mass is 16.5. The third-order valence-electron chi connectivity index (χ3n) is 6.91. The van der Waals surface area contributed by atoms with E-state index in [1.165, 1.54) is 11.3 Å².